The molecule has 2 heteroatoms. The lowest BCUT2D eigenvalue weighted by molar-refractivity contribution is -0.742. The van der Waals surface area contributed by atoms with Crippen LogP contribution in [0.3, 0.4) is 0 Å². The van der Waals surface area contributed by atoms with E-state index in [1.165, 1.54) is 5.56 Å². The number of hydrogen-bond acceptors (Lipinski definition) is 0. The number of nitrogens with one attached hydrogen (secondary N) is 1. The Morgan fingerprint density at radius 1 is 1.29 bits per heavy atom. The van der Waals surface area contributed by atoms with Gasteiger partial charge in [0.1, 0.15) is 0 Å². The van der Waals surface area contributed by atoms with Crippen LogP contribution in [-0.4, -0.2) is 5.10 Å². The van der Waals surface area contributed by atoms with Crippen molar-refractivity contribution in [2.24, 2.45) is 0 Å². The van der Waals surface area contributed by atoms with E-state index < -0.39 is 0 Å². The maximum absolute atomic E-state index is 3.72. The van der Waals surface area contributed by atoms with E-state index in [4.69, 9.17) is 0 Å². The van der Waals surface area contributed by atoms with Gasteiger partial charge in [-0.2, -0.15) is 5.10 Å². The van der Waals surface area contributed by atoms with Crippen LogP contribution in [0.15, 0.2) is 49.3 Å². The zero-order chi connectivity index (χ0) is 9.80. The summed E-state index contributed by atoms with van der Waals surface area (Å²) in [5.74, 6) is 0. The molecule has 70 valence electrons. The molecular formula is C12H13N2+. The van der Waals surface area contributed by atoms with Gasteiger partial charge in [0.2, 0.25) is 0 Å². The van der Waals surface area contributed by atoms with Gasteiger partial charge in [0.05, 0.1) is 6.20 Å². The van der Waals surface area contributed by atoms with Gasteiger partial charge in [-0.3, -0.25) is 0 Å². The molecule has 1 aromatic carbocycles. The van der Waals surface area contributed by atoms with Crippen molar-refractivity contribution in [3.8, 4) is 0 Å². The van der Waals surface area contributed by atoms with Crippen molar-refractivity contribution in [3.63, 3.8) is 0 Å². The van der Waals surface area contributed by atoms with Crippen molar-refractivity contribution in [1.82, 2.24) is 5.10 Å². The number of aromatic amines is 1. The number of benzene rings is 1. The first-order chi connectivity index (χ1) is 6.88. The van der Waals surface area contributed by atoms with Crippen LogP contribution in [0.4, 0.5) is 0 Å². The highest BCUT2D eigenvalue weighted by atomic mass is 15.3. The van der Waals surface area contributed by atoms with Crippen LogP contribution in [0.1, 0.15) is 11.1 Å². The second-order valence-electron chi connectivity index (χ2n) is 3.21. The van der Waals surface area contributed by atoms with Gasteiger partial charge in [-0.25, -0.2) is 0 Å². The van der Waals surface area contributed by atoms with Gasteiger partial charge < -0.3 is 0 Å². The predicted octanol–water partition coefficient (Wildman–Crippen LogP) is 1.99. The first-order valence-electron chi connectivity index (χ1n) is 4.63. The Labute approximate surface area is 83.5 Å². The molecule has 1 aromatic heterocycles. The maximum atomic E-state index is 3.72. The first kappa shape index (κ1) is 8.75. The third kappa shape index (κ3) is 1.91. The summed E-state index contributed by atoms with van der Waals surface area (Å²) in [6, 6.07) is 10.4. The molecule has 0 aliphatic heterocycles. The van der Waals surface area contributed by atoms with Crippen LogP contribution in [0.5, 0.6) is 0 Å². The molecule has 0 unspecified atom stereocenters. The maximum Gasteiger partial charge on any atom is 0.197 e. The molecule has 14 heavy (non-hydrogen) atoms. The number of nitrogens with zero attached hydrogens (tertiary/aromatic N) is 1. The fourth-order valence-corrected chi connectivity index (χ4v) is 1.38. The SMILES string of the molecule is C=Cc1ccc(C[n+]2ccc[nH]2)cc1. The molecule has 0 amide bonds. The van der Waals surface area contributed by atoms with Crippen LogP contribution >= 0.6 is 0 Å². The molecule has 0 saturated carbocycles. The Morgan fingerprint density at radius 2 is 2.07 bits per heavy atom. The lowest BCUT2D eigenvalue weighted by atomic mass is 10.1. The molecule has 0 aliphatic rings. The molecule has 0 fully saturated rings. The zero-order valence-electron chi connectivity index (χ0n) is 7.98. The molecule has 2 aromatic rings. The van der Waals surface area contributed by atoms with Crippen molar-refractivity contribution in [1.29, 1.82) is 0 Å². The van der Waals surface area contributed by atoms with E-state index in [1.54, 1.807) is 0 Å². The largest absolute Gasteiger partial charge is 0.197 e. The molecule has 2 rings (SSSR count). The van der Waals surface area contributed by atoms with Crippen LogP contribution in [-0.2, 0) is 6.54 Å². The van der Waals surface area contributed by atoms with Crippen LogP contribution in [0.25, 0.3) is 6.08 Å². The van der Waals surface area contributed by atoms with Crippen LogP contribution < -0.4 is 4.68 Å². The molecule has 0 spiro atoms. The second-order valence-corrected chi connectivity index (χ2v) is 3.21. The molecular weight excluding hydrogens is 172 g/mol. The summed E-state index contributed by atoms with van der Waals surface area (Å²) in [6.07, 6.45) is 5.78. The smallest absolute Gasteiger partial charge is 0.173 e. The van der Waals surface area contributed by atoms with Gasteiger partial charge in [0.25, 0.3) is 0 Å². The molecule has 0 atom stereocenters. The third-order valence-electron chi connectivity index (χ3n) is 2.17. The molecule has 0 aliphatic carbocycles. The normalized spacial score (nSPS) is 10.0. The topological polar surface area (TPSA) is 19.7 Å². The van der Waals surface area contributed by atoms with Gasteiger partial charge in [-0.1, -0.05) is 36.9 Å². The summed E-state index contributed by atoms with van der Waals surface area (Å²) in [5.41, 5.74) is 2.44. The van der Waals surface area contributed by atoms with Gasteiger partial charge in [-0.15, -0.1) is 4.68 Å². The highest BCUT2D eigenvalue weighted by Gasteiger charge is 2.01. The van der Waals surface area contributed by atoms with Crippen LogP contribution in [0, 0.1) is 0 Å². The molecule has 0 radical (unpaired) electrons. The van der Waals surface area contributed by atoms with E-state index in [2.05, 4.69) is 35.9 Å². The van der Waals surface area contributed by atoms with Gasteiger partial charge in [0.15, 0.2) is 12.7 Å². The van der Waals surface area contributed by atoms with Crippen molar-refractivity contribution in [3.05, 3.63) is 60.4 Å². The highest BCUT2D eigenvalue weighted by molar-refractivity contribution is 5.46. The van der Waals surface area contributed by atoms with Crippen LogP contribution in [0.2, 0.25) is 0 Å². The summed E-state index contributed by atoms with van der Waals surface area (Å²) in [4.78, 5) is 0. The second kappa shape index (κ2) is 3.92. The zero-order valence-corrected chi connectivity index (χ0v) is 7.98. The van der Waals surface area contributed by atoms with E-state index in [1.807, 2.05) is 29.2 Å². The molecule has 1 heterocycles. The summed E-state index contributed by atoms with van der Waals surface area (Å²) < 4.78 is 2.03. The summed E-state index contributed by atoms with van der Waals surface area (Å²) >= 11 is 0. The Balaban J connectivity index is 2.14. The average molecular weight is 185 g/mol. The summed E-state index contributed by atoms with van der Waals surface area (Å²) in [6.45, 7) is 4.60. The van der Waals surface area contributed by atoms with Crippen molar-refractivity contribution >= 4 is 6.08 Å². The number of hydrogen-bond donors (Lipinski definition) is 1. The summed E-state index contributed by atoms with van der Waals surface area (Å²) in [7, 11) is 0. The molecule has 1 N–H and O–H groups in total. The van der Waals surface area contributed by atoms with E-state index in [0.29, 0.717) is 0 Å². The minimum atomic E-state index is 0.879. The standard InChI is InChI=1S/C12H12N2/c1-2-11-4-6-12(7-5-11)10-14-9-3-8-13-14/h2-9H,1,10H2/p+1. The highest BCUT2D eigenvalue weighted by Crippen LogP contribution is 2.04. The Morgan fingerprint density at radius 3 is 2.64 bits per heavy atom. The lowest BCUT2D eigenvalue weighted by Gasteiger charge is -1.96. The van der Waals surface area contributed by atoms with E-state index in [-0.39, 0.29) is 0 Å². The van der Waals surface area contributed by atoms with E-state index in [9.17, 15) is 0 Å². The van der Waals surface area contributed by atoms with Gasteiger partial charge in [-0.05, 0) is 5.56 Å². The van der Waals surface area contributed by atoms with Crippen molar-refractivity contribution in [2.75, 3.05) is 0 Å². The number of H-pyrrole nitrogens is 1. The minimum Gasteiger partial charge on any atom is -0.173 e. The Kier molecular flexibility index (Phi) is 2.45. The number of aromatic nitrogens is 2. The first-order valence-corrected chi connectivity index (χ1v) is 4.63. The van der Waals surface area contributed by atoms with Gasteiger partial charge in [0, 0.05) is 11.6 Å². The van der Waals surface area contributed by atoms with Crippen molar-refractivity contribution in [2.45, 2.75) is 6.54 Å². The average Bonchev–Trinajstić information content (AvgIpc) is 2.72. The molecule has 0 bridgehead atoms. The van der Waals surface area contributed by atoms with Crippen molar-refractivity contribution < 1.29 is 4.68 Å². The van der Waals surface area contributed by atoms with Gasteiger partial charge >= 0.3 is 0 Å². The fraction of sp³-hybridized carbons (Fsp3) is 0.0833. The number of rotatable bonds is 3. The van der Waals surface area contributed by atoms with E-state index >= 15 is 0 Å². The van der Waals surface area contributed by atoms with E-state index in [0.717, 1.165) is 12.1 Å². The molecule has 2 nitrogen and oxygen atoms in total. The minimum absolute atomic E-state index is 0.879. The Bertz CT molecular complexity index is 398. The third-order valence-corrected chi connectivity index (χ3v) is 2.17. The molecule has 0 saturated heterocycles. The quantitative estimate of drug-likeness (QED) is 0.706. The lowest BCUT2D eigenvalue weighted by Crippen LogP contribution is -2.34. The predicted molar refractivity (Wildman–Crippen MR) is 56.6 cm³/mol. The summed E-state index contributed by atoms with van der Waals surface area (Å²) in [5, 5.41) is 3.11. The monoisotopic (exact) mass is 185 g/mol. The Hall–Kier alpha value is -1.83. The fourth-order valence-electron chi connectivity index (χ4n) is 1.38.